The minimum atomic E-state index is 0.154. The van der Waals surface area contributed by atoms with Gasteiger partial charge in [0.25, 0.3) is 0 Å². The second kappa shape index (κ2) is 6.74. The van der Waals surface area contributed by atoms with E-state index in [1.54, 1.807) is 18.3 Å². The number of pyridine rings is 1. The second-order valence-electron chi connectivity index (χ2n) is 4.18. The van der Waals surface area contributed by atoms with E-state index in [0.717, 1.165) is 13.1 Å². The normalized spacial score (nSPS) is 15.2. The van der Waals surface area contributed by atoms with Crippen LogP contribution in [0.4, 0.5) is 5.95 Å². The van der Waals surface area contributed by atoms with Gasteiger partial charge >= 0.3 is 0 Å². The number of hydrogen-bond donors (Lipinski definition) is 0. The zero-order chi connectivity index (χ0) is 14.7. The van der Waals surface area contributed by atoms with Gasteiger partial charge in [-0.05, 0) is 35.5 Å². The van der Waals surface area contributed by atoms with Crippen molar-refractivity contribution >= 4 is 40.9 Å². The molecular formula is C12H11Cl2N5OS. The summed E-state index contributed by atoms with van der Waals surface area (Å²) in [6.07, 6.45) is 1.67. The van der Waals surface area contributed by atoms with Crippen LogP contribution in [0.2, 0.25) is 10.3 Å². The molecule has 9 heteroatoms. The maximum absolute atomic E-state index is 6.09. The van der Waals surface area contributed by atoms with Gasteiger partial charge in [-0.1, -0.05) is 11.6 Å². The Bertz CT molecular complexity index is 639. The van der Waals surface area contributed by atoms with Crippen LogP contribution in [0.15, 0.2) is 28.5 Å². The Morgan fingerprint density at radius 3 is 2.71 bits per heavy atom. The summed E-state index contributed by atoms with van der Waals surface area (Å²) < 4.78 is 5.31. The Balaban J connectivity index is 1.85. The predicted octanol–water partition coefficient (Wildman–Crippen LogP) is 2.56. The molecule has 6 nitrogen and oxygen atoms in total. The van der Waals surface area contributed by atoms with Crippen LogP contribution in [0, 0.1) is 0 Å². The molecule has 0 spiro atoms. The van der Waals surface area contributed by atoms with Crippen LogP contribution in [-0.4, -0.2) is 46.2 Å². The van der Waals surface area contributed by atoms with E-state index in [-0.39, 0.29) is 5.28 Å². The summed E-state index contributed by atoms with van der Waals surface area (Å²) in [5.74, 6) is 0.549. The molecule has 0 unspecified atom stereocenters. The van der Waals surface area contributed by atoms with E-state index in [1.807, 2.05) is 4.90 Å². The fourth-order valence-electron chi connectivity index (χ4n) is 1.81. The molecule has 1 saturated heterocycles. The quantitative estimate of drug-likeness (QED) is 0.848. The van der Waals surface area contributed by atoms with Crippen LogP contribution < -0.4 is 4.90 Å². The molecule has 0 atom stereocenters. The highest BCUT2D eigenvalue weighted by Gasteiger charge is 2.17. The number of halogens is 2. The van der Waals surface area contributed by atoms with Crippen LogP contribution in [0.25, 0.3) is 0 Å². The van der Waals surface area contributed by atoms with Crippen molar-refractivity contribution in [2.45, 2.75) is 10.2 Å². The zero-order valence-electron chi connectivity index (χ0n) is 10.9. The molecule has 3 heterocycles. The number of anilines is 1. The van der Waals surface area contributed by atoms with E-state index in [1.165, 1.54) is 11.8 Å². The molecule has 1 aliphatic rings. The molecule has 21 heavy (non-hydrogen) atoms. The monoisotopic (exact) mass is 343 g/mol. The Morgan fingerprint density at radius 1 is 1.14 bits per heavy atom. The first kappa shape index (κ1) is 14.8. The van der Waals surface area contributed by atoms with Gasteiger partial charge in [-0.15, -0.1) is 0 Å². The molecule has 1 aliphatic heterocycles. The van der Waals surface area contributed by atoms with Crippen LogP contribution in [0.5, 0.6) is 0 Å². The van der Waals surface area contributed by atoms with Crippen molar-refractivity contribution in [2.24, 2.45) is 0 Å². The summed E-state index contributed by atoms with van der Waals surface area (Å²) in [5.41, 5.74) is 0. The van der Waals surface area contributed by atoms with Gasteiger partial charge in [0.05, 0.1) is 18.2 Å². The number of aromatic nitrogens is 4. The van der Waals surface area contributed by atoms with E-state index >= 15 is 0 Å². The van der Waals surface area contributed by atoms with E-state index in [0.29, 0.717) is 34.4 Å². The van der Waals surface area contributed by atoms with Crippen LogP contribution in [0.3, 0.4) is 0 Å². The van der Waals surface area contributed by atoms with Crippen molar-refractivity contribution in [3.05, 3.63) is 28.6 Å². The smallest absolute Gasteiger partial charge is 0.230 e. The third kappa shape index (κ3) is 3.74. The maximum Gasteiger partial charge on any atom is 0.230 e. The third-order valence-corrected chi connectivity index (χ3v) is 4.25. The van der Waals surface area contributed by atoms with Gasteiger partial charge < -0.3 is 9.64 Å². The first-order valence-corrected chi connectivity index (χ1v) is 7.82. The largest absolute Gasteiger partial charge is 0.378 e. The lowest BCUT2D eigenvalue weighted by Crippen LogP contribution is -2.37. The van der Waals surface area contributed by atoms with Crippen molar-refractivity contribution in [3.8, 4) is 0 Å². The van der Waals surface area contributed by atoms with E-state index < -0.39 is 0 Å². The van der Waals surface area contributed by atoms with E-state index in [2.05, 4.69) is 19.9 Å². The lowest BCUT2D eigenvalue weighted by molar-refractivity contribution is 0.122. The number of rotatable bonds is 3. The molecule has 0 aliphatic carbocycles. The van der Waals surface area contributed by atoms with Crippen molar-refractivity contribution in [1.82, 2.24) is 19.9 Å². The Labute approximate surface area is 135 Å². The van der Waals surface area contributed by atoms with E-state index in [9.17, 15) is 0 Å². The highest BCUT2D eigenvalue weighted by molar-refractivity contribution is 7.99. The molecule has 0 saturated carbocycles. The number of morpholine rings is 1. The first-order valence-electron chi connectivity index (χ1n) is 6.25. The van der Waals surface area contributed by atoms with E-state index in [4.69, 9.17) is 27.9 Å². The molecule has 0 radical (unpaired) electrons. The third-order valence-electron chi connectivity index (χ3n) is 2.78. The summed E-state index contributed by atoms with van der Waals surface area (Å²) in [5, 5.41) is 1.81. The van der Waals surface area contributed by atoms with Gasteiger partial charge in [-0.25, -0.2) is 4.98 Å². The molecule has 0 N–H and O–H groups in total. The van der Waals surface area contributed by atoms with Crippen molar-refractivity contribution in [2.75, 3.05) is 31.2 Å². The molecule has 2 aromatic rings. The Morgan fingerprint density at radius 2 is 1.95 bits per heavy atom. The van der Waals surface area contributed by atoms with Gasteiger partial charge in [0.15, 0.2) is 5.16 Å². The van der Waals surface area contributed by atoms with Crippen molar-refractivity contribution in [1.29, 1.82) is 0 Å². The Kier molecular flexibility index (Phi) is 4.74. The molecule has 3 rings (SSSR count). The van der Waals surface area contributed by atoms with Crippen molar-refractivity contribution < 1.29 is 4.74 Å². The van der Waals surface area contributed by atoms with Crippen molar-refractivity contribution in [3.63, 3.8) is 0 Å². The number of hydrogen-bond acceptors (Lipinski definition) is 7. The standard InChI is InChI=1S/C12H11Cl2N5OS/c13-8-2-1-3-15-9(8)21-12-17-10(14)16-11(18-12)19-4-6-20-7-5-19/h1-3H,4-7H2. The van der Waals surface area contributed by atoms with Gasteiger partial charge in [0.1, 0.15) is 5.03 Å². The Hall–Kier alpha value is -1.15. The van der Waals surface area contributed by atoms with Gasteiger partial charge in [-0.2, -0.15) is 15.0 Å². The summed E-state index contributed by atoms with van der Waals surface area (Å²) >= 11 is 13.3. The van der Waals surface area contributed by atoms with Gasteiger partial charge in [-0.3, -0.25) is 0 Å². The second-order valence-corrected chi connectivity index (χ2v) is 5.88. The summed E-state index contributed by atoms with van der Waals surface area (Å²) in [6, 6.07) is 3.54. The molecule has 0 bridgehead atoms. The minimum Gasteiger partial charge on any atom is -0.378 e. The zero-order valence-corrected chi connectivity index (χ0v) is 13.2. The molecule has 0 aromatic carbocycles. The van der Waals surface area contributed by atoms with Crippen LogP contribution in [0.1, 0.15) is 0 Å². The molecule has 110 valence electrons. The maximum atomic E-state index is 6.09. The predicted molar refractivity (Wildman–Crippen MR) is 81.2 cm³/mol. The highest BCUT2D eigenvalue weighted by atomic mass is 35.5. The van der Waals surface area contributed by atoms with Gasteiger partial charge in [0.2, 0.25) is 11.2 Å². The summed E-state index contributed by atoms with van der Waals surface area (Å²) in [7, 11) is 0. The molecule has 0 amide bonds. The molecular weight excluding hydrogens is 333 g/mol. The molecule has 2 aromatic heterocycles. The van der Waals surface area contributed by atoms with Gasteiger partial charge in [0, 0.05) is 19.3 Å². The van der Waals surface area contributed by atoms with Crippen LogP contribution in [-0.2, 0) is 4.74 Å². The lowest BCUT2D eigenvalue weighted by atomic mass is 10.4. The molecule has 1 fully saturated rings. The van der Waals surface area contributed by atoms with Crippen LogP contribution >= 0.6 is 35.0 Å². The summed E-state index contributed by atoms with van der Waals surface area (Å²) in [4.78, 5) is 18.9. The first-order chi connectivity index (χ1) is 10.2. The summed E-state index contributed by atoms with van der Waals surface area (Å²) in [6.45, 7) is 2.76. The average molecular weight is 344 g/mol. The number of ether oxygens (including phenoxy) is 1. The fourth-order valence-corrected chi connectivity index (χ4v) is 2.96. The minimum absolute atomic E-state index is 0.154. The average Bonchev–Trinajstić information content (AvgIpc) is 2.50. The number of nitrogens with zero attached hydrogens (tertiary/aromatic N) is 5. The highest BCUT2D eigenvalue weighted by Crippen LogP contribution is 2.30. The topological polar surface area (TPSA) is 64.0 Å². The SMILES string of the molecule is Clc1nc(Sc2ncccc2Cl)nc(N2CCOCC2)n1. The lowest BCUT2D eigenvalue weighted by Gasteiger charge is -2.26. The fraction of sp³-hybridized carbons (Fsp3) is 0.333.